The maximum atomic E-state index is 12.5. The first-order chi connectivity index (χ1) is 9.16. The second-order valence-electron chi connectivity index (χ2n) is 6.25. The quantitative estimate of drug-likeness (QED) is 0.877. The summed E-state index contributed by atoms with van der Waals surface area (Å²) in [5, 5.41) is 3.20. The van der Waals surface area contributed by atoms with Gasteiger partial charge in [0.25, 0.3) is 0 Å². The number of hydrogen-bond acceptors (Lipinski definition) is 3. The van der Waals surface area contributed by atoms with Gasteiger partial charge in [0, 0.05) is 20.1 Å². The molecule has 0 bridgehead atoms. The standard InChI is InChI=1S/C15H26N2O2S/c1-6-16-11-13-8-7-9-14(10-13)20(18,19)17(5)12-15(2,3)4/h7-10,16H,6,11-12H2,1-5H3. The number of hydrogen-bond donors (Lipinski definition) is 1. The Kier molecular flexibility index (Phi) is 5.74. The summed E-state index contributed by atoms with van der Waals surface area (Å²) in [5.74, 6) is 0. The van der Waals surface area contributed by atoms with Crippen molar-refractivity contribution >= 4 is 10.0 Å². The van der Waals surface area contributed by atoms with E-state index in [-0.39, 0.29) is 5.41 Å². The average molecular weight is 298 g/mol. The lowest BCUT2D eigenvalue weighted by atomic mass is 9.97. The first-order valence-corrected chi connectivity index (χ1v) is 8.37. The predicted octanol–water partition coefficient (Wildman–Crippen LogP) is 2.46. The van der Waals surface area contributed by atoms with Crippen molar-refractivity contribution in [2.75, 3.05) is 20.1 Å². The molecule has 0 spiro atoms. The molecule has 0 saturated carbocycles. The largest absolute Gasteiger partial charge is 0.313 e. The molecule has 0 atom stereocenters. The lowest BCUT2D eigenvalue weighted by Gasteiger charge is -2.26. The molecule has 1 aromatic rings. The van der Waals surface area contributed by atoms with Gasteiger partial charge in [0.2, 0.25) is 10.0 Å². The van der Waals surface area contributed by atoms with Gasteiger partial charge in [-0.1, -0.05) is 39.8 Å². The Bertz CT molecular complexity index is 533. The molecular weight excluding hydrogens is 272 g/mol. The molecule has 0 saturated heterocycles. The number of benzene rings is 1. The molecule has 114 valence electrons. The fraction of sp³-hybridized carbons (Fsp3) is 0.600. The molecule has 20 heavy (non-hydrogen) atoms. The Morgan fingerprint density at radius 3 is 2.45 bits per heavy atom. The molecule has 0 aromatic heterocycles. The van der Waals surface area contributed by atoms with Crippen LogP contribution in [-0.4, -0.2) is 32.9 Å². The van der Waals surface area contributed by atoms with Gasteiger partial charge in [-0.2, -0.15) is 0 Å². The molecule has 0 fully saturated rings. The van der Waals surface area contributed by atoms with Crippen LogP contribution in [0.4, 0.5) is 0 Å². The molecule has 0 radical (unpaired) electrons. The molecule has 1 aromatic carbocycles. The number of sulfonamides is 1. The highest BCUT2D eigenvalue weighted by Gasteiger charge is 2.25. The normalized spacial score (nSPS) is 12.9. The minimum Gasteiger partial charge on any atom is -0.313 e. The van der Waals surface area contributed by atoms with Crippen LogP contribution in [0, 0.1) is 5.41 Å². The van der Waals surface area contributed by atoms with Gasteiger partial charge in [-0.25, -0.2) is 12.7 Å². The molecule has 0 aliphatic carbocycles. The third kappa shape index (κ3) is 4.89. The van der Waals surface area contributed by atoms with Gasteiger partial charge in [-0.3, -0.25) is 0 Å². The summed E-state index contributed by atoms with van der Waals surface area (Å²) in [5.41, 5.74) is 0.917. The van der Waals surface area contributed by atoms with Crippen LogP contribution in [0.25, 0.3) is 0 Å². The summed E-state index contributed by atoms with van der Waals surface area (Å²) >= 11 is 0. The molecule has 0 unspecified atom stereocenters. The van der Waals surface area contributed by atoms with Crippen molar-refractivity contribution in [3.63, 3.8) is 0 Å². The topological polar surface area (TPSA) is 49.4 Å². The van der Waals surface area contributed by atoms with E-state index in [1.54, 1.807) is 25.2 Å². The van der Waals surface area contributed by atoms with Crippen LogP contribution in [0.3, 0.4) is 0 Å². The SMILES string of the molecule is CCNCc1cccc(S(=O)(=O)N(C)CC(C)(C)C)c1. The van der Waals surface area contributed by atoms with Crippen LogP contribution in [0.1, 0.15) is 33.3 Å². The number of rotatable bonds is 6. The van der Waals surface area contributed by atoms with Gasteiger partial charge in [0.15, 0.2) is 0 Å². The molecule has 1 N–H and O–H groups in total. The molecule has 5 heteroatoms. The minimum atomic E-state index is -3.41. The molecule has 0 amide bonds. The Morgan fingerprint density at radius 1 is 1.25 bits per heavy atom. The molecule has 0 heterocycles. The van der Waals surface area contributed by atoms with Crippen molar-refractivity contribution in [2.24, 2.45) is 5.41 Å². The summed E-state index contributed by atoms with van der Waals surface area (Å²) in [6.07, 6.45) is 0. The number of nitrogens with zero attached hydrogens (tertiary/aromatic N) is 1. The Morgan fingerprint density at radius 2 is 1.90 bits per heavy atom. The average Bonchev–Trinajstić information content (AvgIpc) is 2.34. The van der Waals surface area contributed by atoms with Gasteiger partial charge >= 0.3 is 0 Å². The van der Waals surface area contributed by atoms with Crippen LogP contribution in [0.2, 0.25) is 0 Å². The highest BCUT2D eigenvalue weighted by atomic mass is 32.2. The van der Waals surface area contributed by atoms with Crippen molar-refractivity contribution in [2.45, 2.75) is 39.1 Å². The van der Waals surface area contributed by atoms with E-state index < -0.39 is 10.0 Å². The van der Waals surface area contributed by atoms with E-state index in [1.807, 2.05) is 33.8 Å². The fourth-order valence-electron chi connectivity index (χ4n) is 2.02. The lowest BCUT2D eigenvalue weighted by molar-refractivity contribution is 0.311. The second kappa shape index (κ2) is 6.70. The van der Waals surface area contributed by atoms with Gasteiger partial charge in [0.1, 0.15) is 0 Å². The first kappa shape index (κ1) is 17.1. The molecule has 0 aliphatic rings. The van der Waals surface area contributed by atoms with E-state index in [4.69, 9.17) is 0 Å². The summed E-state index contributed by atoms with van der Waals surface area (Å²) in [4.78, 5) is 0.361. The summed E-state index contributed by atoms with van der Waals surface area (Å²) in [6.45, 7) is 10.1. The highest BCUT2D eigenvalue weighted by molar-refractivity contribution is 7.89. The van der Waals surface area contributed by atoms with Crippen LogP contribution in [-0.2, 0) is 16.6 Å². The minimum absolute atomic E-state index is 0.0663. The molecule has 1 rings (SSSR count). The Labute approximate surface area is 123 Å². The monoisotopic (exact) mass is 298 g/mol. The number of nitrogens with one attached hydrogen (secondary N) is 1. The van der Waals surface area contributed by atoms with Gasteiger partial charge in [-0.05, 0) is 29.7 Å². The highest BCUT2D eigenvalue weighted by Crippen LogP contribution is 2.21. The van der Waals surface area contributed by atoms with Crippen molar-refractivity contribution in [1.29, 1.82) is 0 Å². The van der Waals surface area contributed by atoms with Gasteiger partial charge in [0.05, 0.1) is 4.90 Å². The molecule has 4 nitrogen and oxygen atoms in total. The fourth-order valence-corrected chi connectivity index (χ4v) is 3.49. The zero-order chi connectivity index (χ0) is 15.4. The van der Waals surface area contributed by atoms with Crippen LogP contribution in [0.5, 0.6) is 0 Å². The zero-order valence-corrected chi connectivity index (χ0v) is 13.9. The van der Waals surface area contributed by atoms with E-state index in [9.17, 15) is 8.42 Å². The van der Waals surface area contributed by atoms with Crippen LogP contribution in [0.15, 0.2) is 29.2 Å². The van der Waals surface area contributed by atoms with E-state index in [1.165, 1.54) is 4.31 Å². The van der Waals surface area contributed by atoms with Crippen molar-refractivity contribution < 1.29 is 8.42 Å². The van der Waals surface area contributed by atoms with Crippen LogP contribution < -0.4 is 5.32 Å². The second-order valence-corrected chi connectivity index (χ2v) is 8.29. The van der Waals surface area contributed by atoms with Crippen molar-refractivity contribution in [1.82, 2.24) is 9.62 Å². The third-order valence-corrected chi connectivity index (χ3v) is 4.68. The zero-order valence-electron chi connectivity index (χ0n) is 13.1. The van der Waals surface area contributed by atoms with Gasteiger partial charge < -0.3 is 5.32 Å². The third-order valence-electron chi connectivity index (χ3n) is 2.88. The summed E-state index contributed by atoms with van der Waals surface area (Å²) < 4.78 is 26.5. The predicted molar refractivity (Wildman–Crippen MR) is 83.1 cm³/mol. The maximum Gasteiger partial charge on any atom is 0.242 e. The first-order valence-electron chi connectivity index (χ1n) is 6.93. The molecule has 0 aliphatic heterocycles. The van der Waals surface area contributed by atoms with E-state index in [0.29, 0.717) is 18.0 Å². The smallest absolute Gasteiger partial charge is 0.242 e. The van der Waals surface area contributed by atoms with E-state index >= 15 is 0 Å². The lowest BCUT2D eigenvalue weighted by Crippen LogP contribution is -2.34. The summed E-state index contributed by atoms with van der Waals surface area (Å²) in [6, 6.07) is 7.14. The summed E-state index contributed by atoms with van der Waals surface area (Å²) in [7, 11) is -1.78. The van der Waals surface area contributed by atoms with Crippen molar-refractivity contribution in [3.05, 3.63) is 29.8 Å². The Balaban J connectivity index is 2.97. The maximum absolute atomic E-state index is 12.5. The van der Waals surface area contributed by atoms with E-state index in [0.717, 1.165) is 12.1 Å². The van der Waals surface area contributed by atoms with E-state index in [2.05, 4.69) is 5.32 Å². The van der Waals surface area contributed by atoms with Crippen molar-refractivity contribution in [3.8, 4) is 0 Å². The Hall–Kier alpha value is -0.910. The molecular formula is C15H26N2O2S. The van der Waals surface area contributed by atoms with Gasteiger partial charge in [-0.15, -0.1) is 0 Å². The van der Waals surface area contributed by atoms with Crippen LogP contribution >= 0.6 is 0 Å².